The largest absolute Gasteiger partial charge is 0.471 e. The molecule has 1 fully saturated rings. The molecule has 0 amide bonds. The molecule has 4 nitrogen and oxygen atoms in total. The van der Waals surface area contributed by atoms with Gasteiger partial charge in [0.2, 0.25) is 5.88 Å². The second kappa shape index (κ2) is 4.80. The lowest BCUT2D eigenvalue weighted by molar-refractivity contribution is 0.174. The van der Waals surface area contributed by atoms with Gasteiger partial charge in [-0.3, -0.25) is 4.90 Å². The van der Waals surface area contributed by atoms with Crippen LogP contribution in [0.4, 0.5) is 0 Å². The Morgan fingerprint density at radius 1 is 1.44 bits per heavy atom. The predicted octanol–water partition coefficient (Wildman–Crippen LogP) is 0.880. The van der Waals surface area contributed by atoms with Gasteiger partial charge in [-0.2, -0.15) is 0 Å². The number of nitrogens with zero attached hydrogens (tertiary/aromatic N) is 2. The van der Waals surface area contributed by atoms with Crippen molar-refractivity contribution in [3.8, 4) is 5.88 Å². The first kappa shape index (κ1) is 11.4. The van der Waals surface area contributed by atoms with E-state index in [1.165, 1.54) is 0 Å². The fourth-order valence-electron chi connectivity index (χ4n) is 1.95. The van der Waals surface area contributed by atoms with Crippen LogP contribution in [0.1, 0.15) is 13.8 Å². The number of hydrogen-bond donors (Lipinski definition) is 1. The van der Waals surface area contributed by atoms with Crippen LogP contribution in [-0.2, 0) is 0 Å². The van der Waals surface area contributed by atoms with Crippen molar-refractivity contribution >= 4 is 0 Å². The fourth-order valence-corrected chi connectivity index (χ4v) is 1.95. The quantitative estimate of drug-likeness (QED) is 0.823. The third kappa shape index (κ3) is 2.51. The molecule has 1 aromatic heterocycles. The van der Waals surface area contributed by atoms with Crippen LogP contribution in [-0.4, -0.2) is 41.2 Å². The third-order valence-electron chi connectivity index (χ3n) is 2.98. The Morgan fingerprint density at radius 3 is 2.81 bits per heavy atom. The highest BCUT2D eigenvalue weighted by molar-refractivity contribution is 5.10. The van der Waals surface area contributed by atoms with Crippen molar-refractivity contribution < 1.29 is 4.74 Å². The molecule has 2 unspecified atom stereocenters. The summed E-state index contributed by atoms with van der Waals surface area (Å²) in [6.45, 7) is 6.14. The van der Waals surface area contributed by atoms with Crippen LogP contribution in [0.5, 0.6) is 5.88 Å². The molecule has 2 heterocycles. The van der Waals surface area contributed by atoms with Crippen LogP contribution in [0, 0.1) is 0 Å². The second-order valence-corrected chi connectivity index (χ2v) is 4.54. The molecule has 1 aromatic rings. The normalized spacial score (nSPS) is 26.2. The van der Waals surface area contributed by atoms with Crippen LogP contribution >= 0.6 is 0 Å². The smallest absolute Gasteiger partial charge is 0.213 e. The molecule has 2 rings (SSSR count). The summed E-state index contributed by atoms with van der Waals surface area (Å²) in [5.41, 5.74) is 6.06. The lowest BCUT2D eigenvalue weighted by atomic mass is 10.2. The number of pyridine rings is 1. The summed E-state index contributed by atoms with van der Waals surface area (Å²) in [4.78, 5) is 6.48. The maximum atomic E-state index is 6.06. The maximum Gasteiger partial charge on any atom is 0.213 e. The van der Waals surface area contributed by atoms with Gasteiger partial charge in [-0.25, -0.2) is 4.98 Å². The molecule has 4 heteroatoms. The van der Waals surface area contributed by atoms with E-state index >= 15 is 0 Å². The first-order valence-electron chi connectivity index (χ1n) is 5.74. The van der Waals surface area contributed by atoms with Crippen molar-refractivity contribution in [1.82, 2.24) is 9.88 Å². The fraction of sp³-hybridized carbons (Fsp3) is 0.583. The molecule has 2 atom stereocenters. The lowest BCUT2D eigenvalue weighted by Gasteiger charge is -2.19. The Labute approximate surface area is 96.4 Å². The minimum Gasteiger partial charge on any atom is -0.471 e. The summed E-state index contributed by atoms with van der Waals surface area (Å²) in [6, 6.07) is 6.25. The van der Waals surface area contributed by atoms with Crippen LogP contribution in [0.2, 0.25) is 0 Å². The van der Waals surface area contributed by atoms with Gasteiger partial charge in [-0.15, -0.1) is 0 Å². The molecule has 2 N–H and O–H groups in total. The number of hydrogen-bond acceptors (Lipinski definition) is 4. The van der Waals surface area contributed by atoms with Crippen molar-refractivity contribution in [3.63, 3.8) is 0 Å². The molecule has 88 valence electrons. The van der Waals surface area contributed by atoms with Crippen LogP contribution in [0.3, 0.4) is 0 Å². The molecule has 0 saturated carbocycles. The molecule has 1 aliphatic rings. The highest BCUT2D eigenvalue weighted by Crippen LogP contribution is 2.17. The zero-order valence-electron chi connectivity index (χ0n) is 9.84. The number of rotatable bonds is 3. The highest BCUT2D eigenvalue weighted by Gasteiger charge is 2.33. The zero-order valence-corrected chi connectivity index (χ0v) is 9.84. The Bertz CT molecular complexity index is 328. The van der Waals surface area contributed by atoms with E-state index in [-0.39, 0.29) is 12.1 Å². The highest BCUT2D eigenvalue weighted by atomic mass is 16.5. The molecular weight excluding hydrogens is 202 g/mol. The number of likely N-dealkylation sites (tertiary alicyclic amines) is 1. The standard InChI is InChI=1S/C12H19N3O/c1-9(2)15-7-10(13)11(8-15)16-12-5-3-4-6-14-12/h3-6,9-11H,7-8,13H2,1-2H3. The SMILES string of the molecule is CC(C)N1CC(N)C(Oc2ccccn2)C1. The van der Waals surface area contributed by atoms with E-state index < -0.39 is 0 Å². The average Bonchev–Trinajstić information content (AvgIpc) is 2.62. The van der Waals surface area contributed by atoms with Crippen LogP contribution in [0.25, 0.3) is 0 Å². The van der Waals surface area contributed by atoms with E-state index in [9.17, 15) is 0 Å². The summed E-state index contributed by atoms with van der Waals surface area (Å²) >= 11 is 0. The molecule has 0 aromatic carbocycles. The number of ether oxygens (including phenoxy) is 1. The van der Waals surface area contributed by atoms with Gasteiger partial charge in [0.05, 0.1) is 6.04 Å². The monoisotopic (exact) mass is 221 g/mol. The average molecular weight is 221 g/mol. The van der Waals surface area contributed by atoms with Crippen molar-refractivity contribution in [2.24, 2.45) is 5.73 Å². The van der Waals surface area contributed by atoms with Crippen molar-refractivity contribution in [2.45, 2.75) is 32.0 Å². The summed E-state index contributed by atoms with van der Waals surface area (Å²) < 4.78 is 5.79. The van der Waals surface area contributed by atoms with Gasteiger partial charge in [0.25, 0.3) is 0 Å². The Balaban J connectivity index is 1.96. The molecule has 0 spiro atoms. The number of aromatic nitrogens is 1. The maximum absolute atomic E-state index is 6.06. The Hall–Kier alpha value is -1.13. The van der Waals surface area contributed by atoms with E-state index in [2.05, 4.69) is 23.7 Å². The molecular formula is C12H19N3O. The summed E-state index contributed by atoms with van der Waals surface area (Å²) in [6.07, 6.45) is 1.79. The second-order valence-electron chi connectivity index (χ2n) is 4.54. The molecule has 0 aliphatic carbocycles. The van der Waals surface area contributed by atoms with Crippen LogP contribution in [0.15, 0.2) is 24.4 Å². The van der Waals surface area contributed by atoms with Crippen molar-refractivity contribution in [2.75, 3.05) is 13.1 Å². The van der Waals surface area contributed by atoms with Crippen molar-refractivity contribution in [3.05, 3.63) is 24.4 Å². The Kier molecular flexibility index (Phi) is 3.41. The van der Waals surface area contributed by atoms with Gasteiger partial charge >= 0.3 is 0 Å². The third-order valence-corrected chi connectivity index (χ3v) is 2.98. The van der Waals surface area contributed by atoms with Gasteiger partial charge in [-0.1, -0.05) is 6.07 Å². The minimum atomic E-state index is 0.0531. The summed E-state index contributed by atoms with van der Waals surface area (Å²) in [5.74, 6) is 0.661. The van der Waals surface area contributed by atoms with E-state index in [0.717, 1.165) is 13.1 Å². The van der Waals surface area contributed by atoms with Gasteiger partial charge in [0, 0.05) is 31.4 Å². The van der Waals surface area contributed by atoms with Crippen molar-refractivity contribution in [1.29, 1.82) is 0 Å². The first-order valence-corrected chi connectivity index (χ1v) is 5.74. The zero-order chi connectivity index (χ0) is 11.5. The predicted molar refractivity (Wildman–Crippen MR) is 63.3 cm³/mol. The van der Waals surface area contributed by atoms with Gasteiger partial charge in [-0.05, 0) is 19.9 Å². The van der Waals surface area contributed by atoms with Crippen LogP contribution < -0.4 is 10.5 Å². The molecule has 1 aliphatic heterocycles. The summed E-state index contributed by atoms with van der Waals surface area (Å²) in [7, 11) is 0. The Morgan fingerprint density at radius 2 is 2.25 bits per heavy atom. The topological polar surface area (TPSA) is 51.4 Å². The van der Waals surface area contributed by atoms with E-state index in [1.54, 1.807) is 6.20 Å². The number of nitrogens with two attached hydrogens (primary N) is 1. The van der Waals surface area contributed by atoms with Gasteiger partial charge in [0.1, 0.15) is 6.10 Å². The molecule has 0 radical (unpaired) electrons. The van der Waals surface area contributed by atoms with Gasteiger partial charge < -0.3 is 10.5 Å². The summed E-state index contributed by atoms with van der Waals surface area (Å²) in [5, 5.41) is 0. The lowest BCUT2D eigenvalue weighted by Crippen LogP contribution is -2.37. The molecule has 1 saturated heterocycles. The minimum absolute atomic E-state index is 0.0531. The molecule has 0 bridgehead atoms. The first-order chi connectivity index (χ1) is 7.66. The van der Waals surface area contributed by atoms with Gasteiger partial charge in [0.15, 0.2) is 0 Å². The van der Waals surface area contributed by atoms with E-state index in [4.69, 9.17) is 10.5 Å². The molecule has 16 heavy (non-hydrogen) atoms. The van der Waals surface area contributed by atoms with E-state index in [0.29, 0.717) is 11.9 Å². The van der Waals surface area contributed by atoms with E-state index in [1.807, 2.05) is 18.2 Å².